The van der Waals surface area contributed by atoms with E-state index < -0.39 is 0 Å². The average Bonchev–Trinajstić information content (AvgIpc) is 3.11. The first-order valence-electron chi connectivity index (χ1n) is 7.22. The van der Waals surface area contributed by atoms with E-state index in [0.29, 0.717) is 5.92 Å². The number of amides is 1. The van der Waals surface area contributed by atoms with Crippen molar-refractivity contribution in [1.82, 2.24) is 15.5 Å². The van der Waals surface area contributed by atoms with Crippen molar-refractivity contribution in [3.05, 3.63) is 0 Å². The molecule has 0 aromatic heterocycles. The van der Waals surface area contributed by atoms with Gasteiger partial charge in [-0.15, -0.1) is 0 Å². The highest BCUT2D eigenvalue weighted by atomic mass is 16.2. The van der Waals surface area contributed by atoms with Crippen molar-refractivity contribution >= 4 is 5.91 Å². The van der Waals surface area contributed by atoms with Gasteiger partial charge in [0.1, 0.15) is 0 Å². The van der Waals surface area contributed by atoms with Gasteiger partial charge in [-0.2, -0.15) is 0 Å². The molecule has 0 saturated heterocycles. The Balaban J connectivity index is 2.03. The summed E-state index contributed by atoms with van der Waals surface area (Å²) in [5, 5.41) is 6.25. The Kier molecular flexibility index (Phi) is 6.65. The number of nitrogens with zero attached hydrogens (tertiary/aromatic N) is 1. The van der Waals surface area contributed by atoms with E-state index in [1.807, 2.05) is 6.92 Å². The van der Waals surface area contributed by atoms with Gasteiger partial charge >= 0.3 is 0 Å². The van der Waals surface area contributed by atoms with Gasteiger partial charge in [-0.1, -0.05) is 13.8 Å². The molecule has 0 aromatic carbocycles. The van der Waals surface area contributed by atoms with E-state index >= 15 is 0 Å². The van der Waals surface area contributed by atoms with Gasteiger partial charge < -0.3 is 15.5 Å². The van der Waals surface area contributed by atoms with E-state index in [1.165, 1.54) is 12.8 Å². The summed E-state index contributed by atoms with van der Waals surface area (Å²) in [6, 6.07) is 0.701. The van der Waals surface area contributed by atoms with Gasteiger partial charge in [0.05, 0.1) is 6.04 Å². The fourth-order valence-corrected chi connectivity index (χ4v) is 1.89. The number of likely N-dealkylation sites (N-methyl/N-ethyl adjacent to an activating group) is 1. The Morgan fingerprint density at radius 3 is 2.50 bits per heavy atom. The lowest BCUT2D eigenvalue weighted by Crippen LogP contribution is -2.45. The molecule has 0 bridgehead atoms. The standard InChI is InChI=1S/C14H29N3O/c1-11(2)7-8-16-14(18)12(3)15-9-10-17(4)13-5-6-13/h11-13,15H,5-10H2,1-4H3,(H,16,18). The number of carbonyl (C=O) groups is 1. The van der Waals surface area contributed by atoms with E-state index in [9.17, 15) is 4.79 Å². The molecule has 1 aliphatic carbocycles. The number of rotatable bonds is 9. The Labute approximate surface area is 111 Å². The summed E-state index contributed by atoms with van der Waals surface area (Å²) in [5.41, 5.74) is 0. The van der Waals surface area contributed by atoms with Crippen LogP contribution in [0.4, 0.5) is 0 Å². The smallest absolute Gasteiger partial charge is 0.236 e. The van der Waals surface area contributed by atoms with Crippen LogP contribution in [0.5, 0.6) is 0 Å². The molecular weight excluding hydrogens is 226 g/mol. The first-order chi connectivity index (χ1) is 8.50. The molecule has 1 unspecified atom stereocenters. The maximum atomic E-state index is 11.8. The molecule has 1 fully saturated rings. The normalized spacial score (nSPS) is 17.2. The van der Waals surface area contributed by atoms with Crippen LogP contribution in [0, 0.1) is 5.92 Å². The second-order valence-electron chi connectivity index (χ2n) is 5.86. The Morgan fingerprint density at radius 2 is 1.94 bits per heavy atom. The minimum absolute atomic E-state index is 0.0928. The van der Waals surface area contributed by atoms with Gasteiger partial charge in [-0.05, 0) is 39.2 Å². The summed E-state index contributed by atoms with van der Waals surface area (Å²) in [6.45, 7) is 8.95. The SMILES string of the molecule is CC(C)CCNC(=O)C(C)NCCN(C)C1CC1. The molecule has 1 rings (SSSR count). The Hall–Kier alpha value is -0.610. The fourth-order valence-electron chi connectivity index (χ4n) is 1.89. The molecule has 4 heteroatoms. The van der Waals surface area contributed by atoms with E-state index in [1.54, 1.807) is 0 Å². The number of nitrogens with one attached hydrogen (secondary N) is 2. The number of carbonyl (C=O) groups excluding carboxylic acids is 1. The molecule has 2 N–H and O–H groups in total. The zero-order valence-corrected chi connectivity index (χ0v) is 12.3. The van der Waals surface area contributed by atoms with Crippen LogP contribution in [0.2, 0.25) is 0 Å². The zero-order chi connectivity index (χ0) is 13.5. The summed E-state index contributed by atoms with van der Waals surface area (Å²) >= 11 is 0. The molecule has 4 nitrogen and oxygen atoms in total. The lowest BCUT2D eigenvalue weighted by atomic mass is 10.1. The Morgan fingerprint density at radius 1 is 1.28 bits per heavy atom. The average molecular weight is 255 g/mol. The van der Waals surface area contributed by atoms with Gasteiger partial charge in [0.25, 0.3) is 0 Å². The molecule has 0 heterocycles. The van der Waals surface area contributed by atoms with Crippen LogP contribution in [0.15, 0.2) is 0 Å². The lowest BCUT2D eigenvalue weighted by Gasteiger charge is -2.18. The summed E-state index contributed by atoms with van der Waals surface area (Å²) in [5.74, 6) is 0.755. The topological polar surface area (TPSA) is 44.4 Å². The molecule has 0 radical (unpaired) electrons. The van der Waals surface area contributed by atoms with Crippen molar-refractivity contribution in [2.45, 2.75) is 52.1 Å². The minimum Gasteiger partial charge on any atom is -0.355 e. The number of hydrogen-bond donors (Lipinski definition) is 2. The highest BCUT2D eigenvalue weighted by Crippen LogP contribution is 2.24. The molecule has 18 heavy (non-hydrogen) atoms. The van der Waals surface area contributed by atoms with Crippen molar-refractivity contribution in [1.29, 1.82) is 0 Å². The molecule has 106 valence electrons. The predicted molar refractivity (Wildman–Crippen MR) is 75.6 cm³/mol. The molecule has 0 spiro atoms. The monoisotopic (exact) mass is 255 g/mol. The summed E-state index contributed by atoms with van der Waals surface area (Å²) in [7, 11) is 2.16. The van der Waals surface area contributed by atoms with Gasteiger partial charge in [0.15, 0.2) is 0 Å². The zero-order valence-electron chi connectivity index (χ0n) is 12.3. The van der Waals surface area contributed by atoms with Crippen LogP contribution in [0.25, 0.3) is 0 Å². The molecule has 0 aliphatic heterocycles. The summed E-state index contributed by atoms with van der Waals surface area (Å²) in [6.07, 6.45) is 3.71. The van der Waals surface area contributed by atoms with Crippen LogP contribution in [-0.4, -0.2) is 49.6 Å². The maximum Gasteiger partial charge on any atom is 0.236 e. The molecule has 1 amide bonds. The van der Waals surface area contributed by atoms with Crippen LogP contribution in [0.1, 0.15) is 40.0 Å². The number of hydrogen-bond acceptors (Lipinski definition) is 3. The maximum absolute atomic E-state index is 11.8. The van der Waals surface area contributed by atoms with Crippen LogP contribution < -0.4 is 10.6 Å². The molecule has 1 atom stereocenters. The van der Waals surface area contributed by atoms with Crippen molar-refractivity contribution in [2.24, 2.45) is 5.92 Å². The predicted octanol–water partition coefficient (Wildman–Crippen LogP) is 1.22. The minimum atomic E-state index is -0.0928. The van der Waals surface area contributed by atoms with Gasteiger partial charge in [0.2, 0.25) is 5.91 Å². The van der Waals surface area contributed by atoms with Crippen molar-refractivity contribution < 1.29 is 4.79 Å². The van der Waals surface area contributed by atoms with Crippen molar-refractivity contribution in [3.63, 3.8) is 0 Å². The van der Waals surface area contributed by atoms with E-state index in [4.69, 9.17) is 0 Å². The highest BCUT2D eigenvalue weighted by molar-refractivity contribution is 5.81. The lowest BCUT2D eigenvalue weighted by molar-refractivity contribution is -0.122. The third-order valence-corrected chi connectivity index (χ3v) is 3.50. The Bertz CT molecular complexity index is 251. The van der Waals surface area contributed by atoms with Gasteiger partial charge in [-0.3, -0.25) is 4.79 Å². The van der Waals surface area contributed by atoms with Crippen LogP contribution in [0.3, 0.4) is 0 Å². The summed E-state index contributed by atoms with van der Waals surface area (Å²) in [4.78, 5) is 14.1. The summed E-state index contributed by atoms with van der Waals surface area (Å²) < 4.78 is 0. The van der Waals surface area contributed by atoms with Gasteiger partial charge in [-0.25, -0.2) is 0 Å². The second-order valence-corrected chi connectivity index (χ2v) is 5.86. The first-order valence-corrected chi connectivity index (χ1v) is 7.22. The van der Waals surface area contributed by atoms with Crippen molar-refractivity contribution in [3.8, 4) is 0 Å². The van der Waals surface area contributed by atoms with Crippen LogP contribution in [-0.2, 0) is 4.79 Å². The van der Waals surface area contributed by atoms with Gasteiger partial charge in [0, 0.05) is 25.7 Å². The fraction of sp³-hybridized carbons (Fsp3) is 0.929. The third-order valence-electron chi connectivity index (χ3n) is 3.50. The second kappa shape index (κ2) is 7.74. The molecule has 1 saturated carbocycles. The molecular formula is C14H29N3O. The first kappa shape index (κ1) is 15.4. The van der Waals surface area contributed by atoms with E-state index in [2.05, 4.69) is 36.4 Å². The molecule has 1 aliphatic rings. The molecule has 0 aromatic rings. The largest absolute Gasteiger partial charge is 0.355 e. The highest BCUT2D eigenvalue weighted by Gasteiger charge is 2.25. The van der Waals surface area contributed by atoms with Crippen molar-refractivity contribution in [2.75, 3.05) is 26.7 Å². The van der Waals surface area contributed by atoms with E-state index in [0.717, 1.165) is 32.1 Å². The van der Waals surface area contributed by atoms with E-state index in [-0.39, 0.29) is 11.9 Å². The third kappa shape index (κ3) is 6.36. The van der Waals surface area contributed by atoms with Crippen LogP contribution >= 0.6 is 0 Å². The quantitative estimate of drug-likeness (QED) is 0.651.